The van der Waals surface area contributed by atoms with Gasteiger partial charge in [0, 0.05) is 11.6 Å². The van der Waals surface area contributed by atoms with Crippen LogP contribution in [-0.2, 0) is 4.79 Å². The average molecular weight is 295 g/mol. The SMILES string of the molecule is CCCCCC[C@@H]1C[C@H]1C(=O)Nc1ccc2ccccc2c1. The Morgan fingerprint density at radius 1 is 1.09 bits per heavy atom. The van der Waals surface area contributed by atoms with E-state index in [2.05, 4.69) is 36.5 Å². The molecule has 1 aliphatic carbocycles. The molecule has 2 aromatic carbocycles. The zero-order valence-electron chi connectivity index (χ0n) is 13.3. The average Bonchev–Trinajstić information content (AvgIpc) is 3.31. The lowest BCUT2D eigenvalue weighted by molar-refractivity contribution is -0.117. The second kappa shape index (κ2) is 6.95. The van der Waals surface area contributed by atoms with E-state index in [1.165, 1.54) is 42.9 Å². The summed E-state index contributed by atoms with van der Waals surface area (Å²) in [5.74, 6) is 1.07. The number of hydrogen-bond acceptors (Lipinski definition) is 1. The highest BCUT2D eigenvalue weighted by molar-refractivity contribution is 5.96. The van der Waals surface area contributed by atoms with Gasteiger partial charge in [-0.2, -0.15) is 0 Å². The fourth-order valence-corrected chi connectivity index (χ4v) is 3.22. The molecule has 0 saturated heterocycles. The summed E-state index contributed by atoms with van der Waals surface area (Å²) in [5.41, 5.74) is 0.917. The molecule has 22 heavy (non-hydrogen) atoms. The van der Waals surface area contributed by atoms with E-state index in [0.717, 1.165) is 12.1 Å². The Morgan fingerprint density at radius 3 is 2.73 bits per heavy atom. The first kappa shape index (κ1) is 15.1. The van der Waals surface area contributed by atoms with E-state index >= 15 is 0 Å². The number of hydrogen-bond donors (Lipinski definition) is 1. The van der Waals surface area contributed by atoms with Crippen molar-refractivity contribution in [2.75, 3.05) is 5.32 Å². The third kappa shape index (κ3) is 3.68. The molecular formula is C20H25NO. The van der Waals surface area contributed by atoms with E-state index in [4.69, 9.17) is 0 Å². The van der Waals surface area contributed by atoms with Crippen molar-refractivity contribution in [2.45, 2.75) is 45.4 Å². The summed E-state index contributed by atoms with van der Waals surface area (Å²) in [7, 11) is 0. The number of carbonyl (C=O) groups is 1. The van der Waals surface area contributed by atoms with Crippen LogP contribution in [0.3, 0.4) is 0 Å². The Kier molecular flexibility index (Phi) is 4.77. The van der Waals surface area contributed by atoms with Gasteiger partial charge in [0.1, 0.15) is 0 Å². The molecule has 0 unspecified atom stereocenters. The van der Waals surface area contributed by atoms with Crippen LogP contribution < -0.4 is 5.32 Å². The van der Waals surface area contributed by atoms with Crippen molar-refractivity contribution < 1.29 is 4.79 Å². The molecule has 1 amide bonds. The lowest BCUT2D eigenvalue weighted by Gasteiger charge is -2.06. The predicted molar refractivity (Wildman–Crippen MR) is 92.9 cm³/mol. The van der Waals surface area contributed by atoms with E-state index < -0.39 is 0 Å². The number of unbranched alkanes of at least 4 members (excludes halogenated alkanes) is 3. The third-order valence-electron chi connectivity index (χ3n) is 4.70. The number of nitrogens with one attached hydrogen (secondary N) is 1. The van der Waals surface area contributed by atoms with E-state index in [1.807, 2.05) is 18.2 Å². The van der Waals surface area contributed by atoms with E-state index in [-0.39, 0.29) is 11.8 Å². The van der Waals surface area contributed by atoms with E-state index in [9.17, 15) is 4.79 Å². The summed E-state index contributed by atoms with van der Waals surface area (Å²) in [6.45, 7) is 2.23. The van der Waals surface area contributed by atoms with Crippen LogP contribution in [0.4, 0.5) is 5.69 Å². The van der Waals surface area contributed by atoms with E-state index in [1.54, 1.807) is 0 Å². The van der Waals surface area contributed by atoms with Gasteiger partial charge >= 0.3 is 0 Å². The summed E-state index contributed by atoms with van der Waals surface area (Å²) in [4.78, 5) is 12.3. The van der Waals surface area contributed by atoms with Crippen molar-refractivity contribution in [1.29, 1.82) is 0 Å². The fraction of sp³-hybridized carbons (Fsp3) is 0.450. The van der Waals surface area contributed by atoms with Crippen molar-refractivity contribution in [2.24, 2.45) is 11.8 Å². The summed E-state index contributed by atoms with van der Waals surface area (Å²) < 4.78 is 0. The summed E-state index contributed by atoms with van der Waals surface area (Å²) in [5, 5.41) is 5.47. The Balaban J connectivity index is 1.51. The highest BCUT2D eigenvalue weighted by Gasteiger charge is 2.42. The van der Waals surface area contributed by atoms with Crippen LogP contribution in [-0.4, -0.2) is 5.91 Å². The molecule has 116 valence electrons. The maximum Gasteiger partial charge on any atom is 0.227 e. The van der Waals surface area contributed by atoms with Crippen molar-refractivity contribution in [1.82, 2.24) is 0 Å². The molecule has 0 heterocycles. The highest BCUT2D eigenvalue weighted by Crippen LogP contribution is 2.43. The molecule has 2 atom stereocenters. The first-order chi connectivity index (χ1) is 10.8. The van der Waals surface area contributed by atoms with Crippen LogP contribution in [0.5, 0.6) is 0 Å². The van der Waals surface area contributed by atoms with Crippen molar-refractivity contribution in [3.05, 3.63) is 42.5 Å². The van der Waals surface area contributed by atoms with Gasteiger partial charge in [-0.3, -0.25) is 4.79 Å². The van der Waals surface area contributed by atoms with Crippen LogP contribution in [0.1, 0.15) is 45.4 Å². The minimum Gasteiger partial charge on any atom is -0.326 e. The molecule has 2 heteroatoms. The summed E-state index contributed by atoms with van der Waals surface area (Å²) >= 11 is 0. The number of rotatable bonds is 7. The molecule has 0 radical (unpaired) electrons. The molecule has 1 N–H and O–H groups in total. The molecule has 0 spiro atoms. The van der Waals surface area contributed by atoms with Gasteiger partial charge in [-0.1, -0.05) is 62.9 Å². The highest BCUT2D eigenvalue weighted by atomic mass is 16.2. The first-order valence-corrected chi connectivity index (χ1v) is 8.57. The number of carbonyl (C=O) groups excluding carboxylic acids is 1. The summed E-state index contributed by atoms with van der Waals surface area (Å²) in [6, 6.07) is 14.4. The monoisotopic (exact) mass is 295 g/mol. The van der Waals surface area contributed by atoms with Gasteiger partial charge in [-0.25, -0.2) is 0 Å². The van der Waals surface area contributed by atoms with Gasteiger partial charge in [0.25, 0.3) is 0 Å². The molecule has 0 bridgehead atoms. The number of fused-ring (bicyclic) bond motifs is 1. The molecule has 0 aromatic heterocycles. The van der Waals surface area contributed by atoms with Crippen molar-refractivity contribution in [3.8, 4) is 0 Å². The Labute approximate surface area is 132 Å². The van der Waals surface area contributed by atoms with Crippen molar-refractivity contribution >= 4 is 22.4 Å². The van der Waals surface area contributed by atoms with Crippen LogP contribution in [0.15, 0.2) is 42.5 Å². The van der Waals surface area contributed by atoms with Gasteiger partial charge in [0.05, 0.1) is 0 Å². The van der Waals surface area contributed by atoms with Gasteiger partial charge in [-0.05, 0) is 41.7 Å². The molecule has 2 aromatic rings. The van der Waals surface area contributed by atoms with E-state index in [0.29, 0.717) is 5.92 Å². The minimum absolute atomic E-state index is 0.204. The van der Waals surface area contributed by atoms with Crippen molar-refractivity contribution in [3.63, 3.8) is 0 Å². The zero-order chi connectivity index (χ0) is 15.4. The zero-order valence-corrected chi connectivity index (χ0v) is 13.3. The van der Waals surface area contributed by atoms with Crippen LogP contribution in [0.25, 0.3) is 10.8 Å². The fourth-order valence-electron chi connectivity index (χ4n) is 3.22. The minimum atomic E-state index is 0.204. The number of anilines is 1. The topological polar surface area (TPSA) is 29.1 Å². The normalized spacial score (nSPS) is 20.0. The second-order valence-corrected chi connectivity index (χ2v) is 6.50. The quantitative estimate of drug-likeness (QED) is 0.682. The van der Waals surface area contributed by atoms with Gasteiger partial charge < -0.3 is 5.32 Å². The molecule has 3 rings (SSSR count). The molecule has 0 aliphatic heterocycles. The maximum absolute atomic E-state index is 12.3. The van der Waals surface area contributed by atoms with Gasteiger partial charge in [-0.15, -0.1) is 0 Å². The number of amides is 1. The molecule has 1 aliphatic rings. The Hall–Kier alpha value is -1.83. The van der Waals surface area contributed by atoms with Gasteiger partial charge in [0.15, 0.2) is 0 Å². The lowest BCUT2D eigenvalue weighted by Crippen LogP contribution is -2.14. The number of benzene rings is 2. The lowest BCUT2D eigenvalue weighted by atomic mass is 10.1. The standard InChI is InChI=1S/C20H25NO/c1-2-3-4-5-10-17-14-19(17)20(22)21-18-12-11-15-8-6-7-9-16(15)13-18/h6-9,11-13,17,19H,2-5,10,14H2,1H3,(H,21,22)/t17-,19-/m1/s1. The largest absolute Gasteiger partial charge is 0.326 e. The summed E-state index contributed by atoms with van der Waals surface area (Å²) in [6.07, 6.45) is 7.48. The maximum atomic E-state index is 12.3. The van der Waals surface area contributed by atoms with Crippen LogP contribution >= 0.6 is 0 Å². The second-order valence-electron chi connectivity index (χ2n) is 6.50. The Bertz CT molecular complexity index is 649. The Morgan fingerprint density at radius 2 is 1.91 bits per heavy atom. The van der Waals surface area contributed by atoms with Crippen LogP contribution in [0.2, 0.25) is 0 Å². The predicted octanol–water partition coefficient (Wildman–Crippen LogP) is 5.38. The van der Waals surface area contributed by atoms with Gasteiger partial charge in [0.2, 0.25) is 5.91 Å². The smallest absolute Gasteiger partial charge is 0.227 e. The molecule has 2 nitrogen and oxygen atoms in total. The molecular weight excluding hydrogens is 270 g/mol. The van der Waals surface area contributed by atoms with Crippen LogP contribution in [0, 0.1) is 11.8 Å². The third-order valence-corrected chi connectivity index (χ3v) is 4.70. The molecule has 1 saturated carbocycles. The first-order valence-electron chi connectivity index (χ1n) is 8.57. The molecule has 1 fully saturated rings.